The first-order valence-corrected chi connectivity index (χ1v) is 9.43. The Bertz CT molecular complexity index is 864. The second-order valence-electron chi connectivity index (χ2n) is 6.33. The fourth-order valence-electron chi connectivity index (χ4n) is 3.20. The van der Waals surface area contributed by atoms with E-state index in [0.29, 0.717) is 10.9 Å². The number of aryl methyl sites for hydroxylation is 1. The minimum atomic E-state index is -0.698. The maximum absolute atomic E-state index is 10.6. The molecule has 7 nitrogen and oxygen atoms in total. The van der Waals surface area contributed by atoms with Crippen LogP contribution in [0.4, 0.5) is 0 Å². The molecule has 1 unspecified atom stereocenters. The molecule has 3 heterocycles. The number of nitrogens with zero attached hydrogens (tertiary/aromatic N) is 5. The number of ether oxygens (including phenoxy) is 1. The van der Waals surface area contributed by atoms with Crippen molar-refractivity contribution < 1.29 is 9.84 Å². The zero-order valence-corrected chi connectivity index (χ0v) is 15.4. The lowest BCUT2D eigenvalue weighted by atomic mass is 10.1. The van der Waals surface area contributed by atoms with Crippen LogP contribution < -0.4 is 4.74 Å². The third-order valence-electron chi connectivity index (χ3n) is 4.49. The van der Waals surface area contributed by atoms with Crippen molar-refractivity contribution in [2.24, 2.45) is 0 Å². The van der Waals surface area contributed by atoms with Gasteiger partial charge in [0.05, 0.1) is 25.0 Å². The van der Waals surface area contributed by atoms with E-state index in [1.165, 1.54) is 11.3 Å². The lowest BCUT2D eigenvalue weighted by molar-refractivity contribution is 0.213. The summed E-state index contributed by atoms with van der Waals surface area (Å²) in [5.41, 5.74) is 2.67. The summed E-state index contributed by atoms with van der Waals surface area (Å²) in [5.74, 6) is 0. The van der Waals surface area contributed by atoms with Gasteiger partial charge in [-0.1, -0.05) is 41.7 Å². The van der Waals surface area contributed by atoms with Gasteiger partial charge in [0.25, 0.3) is 5.19 Å². The highest BCUT2D eigenvalue weighted by Gasteiger charge is 2.21. The van der Waals surface area contributed by atoms with Crippen molar-refractivity contribution in [3.05, 3.63) is 58.4 Å². The standard InChI is InChI=1S/C18H21N5O2S/c1-25-18-20-19-16(26-18)12-22-8-5-9-23-14(11-22)10-15(21-23)17(24)13-6-3-2-4-7-13/h2-4,6-7,10,17,24H,5,8-9,11-12H2,1H3. The monoisotopic (exact) mass is 371 g/mol. The molecule has 1 N–H and O–H groups in total. The van der Waals surface area contributed by atoms with Gasteiger partial charge in [0.2, 0.25) is 0 Å². The second kappa shape index (κ2) is 7.53. The zero-order valence-electron chi connectivity index (χ0n) is 14.6. The van der Waals surface area contributed by atoms with Crippen molar-refractivity contribution in [1.82, 2.24) is 24.9 Å². The van der Waals surface area contributed by atoms with Crippen LogP contribution in [-0.2, 0) is 19.6 Å². The van der Waals surface area contributed by atoms with E-state index in [-0.39, 0.29) is 0 Å². The van der Waals surface area contributed by atoms with Crippen LogP contribution in [0.5, 0.6) is 5.19 Å². The minimum Gasteiger partial charge on any atom is -0.472 e. The molecule has 4 rings (SSSR count). The highest BCUT2D eigenvalue weighted by Crippen LogP contribution is 2.25. The molecular formula is C18H21N5O2S. The van der Waals surface area contributed by atoms with E-state index in [0.717, 1.165) is 48.9 Å². The van der Waals surface area contributed by atoms with Gasteiger partial charge in [-0.2, -0.15) is 5.10 Å². The molecule has 136 valence electrons. The predicted octanol–water partition coefficient (Wildman–Crippen LogP) is 2.23. The molecule has 0 saturated heterocycles. The first-order chi connectivity index (χ1) is 12.7. The molecule has 0 radical (unpaired) electrons. The molecule has 0 aliphatic carbocycles. The van der Waals surface area contributed by atoms with E-state index in [1.807, 2.05) is 41.1 Å². The fourth-order valence-corrected chi connectivity index (χ4v) is 3.90. The highest BCUT2D eigenvalue weighted by atomic mass is 32.1. The lowest BCUT2D eigenvalue weighted by Gasteiger charge is -2.17. The van der Waals surface area contributed by atoms with E-state index in [4.69, 9.17) is 4.74 Å². The van der Waals surface area contributed by atoms with Gasteiger partial charge in [-0.25, -0.2) is 0 Å². The normalized spacial score (nSPS) is 16.1. The molecule has 1 aliphatic rings. The summed E-state index contributed by atoms with van der Waals surface area (Å²) in [6.45, 7) is 3.34. The summed E-state index contributed by atoms with van der Waals surface area (Å²) in [4.78, 5) is 2.33. The van der Waals surface area contributed by atoms with Gasteiger partial charge in [-0.05, 0) is 18.1 Å². The molecular weight excluding hydrogens is 350 g/mol. The number of aromatic nitrogens is 4. The maximum atomic E-state index is 10.6. The molecule has 0 amide bonds. The van der Waals surface area contributed by atoms with Gasteiger partial charge in [0.1, 0.15) is 11.1 Å². The van der Waals surface area contributed by atoms with E-state index >= 15 is 0 Å². The quantitative estimate of drug-likeness (QED) is 0.741. The minimum absolute atomic E-state index is 0.591. The van der Waals surface area contributed by atoms with Crippen molar-refractivity contribution in [2.75, 3.05) is 13.7 Å². The Morgan fingerprint density at radius 3 is 2.85 bits per heavy atom. The maximum Gasteiger partial charge on any atom is 0.293 e. The average Bonchev–Trinajstić information content (AvgIpc) is 3.24. The van der Waals surface area contributed by atoms with Crippen molar-refractivity contribution in [3.63, 3.8) is 0 Å². The van der Waals surface area contributed by atoms with Crippen LogP contribution in [0.25, 0.3) is 0 Å². The van der Waals surface area contributed by atoms with Gasteiger partial charge in [0, 0.05) is 19.6 Å². The first kappa shape index (κ1) is 17.1. The Balaban J connectivity index is 1.50. The Hall–Kier alpha value is -2.29. The Morgan fingerprint density at radius 1 is 1.23 bits per heavy atom. The number of aliphatic hydroxyl groups is 1. The average molecular weight is 371 g/mol. The smallest absolute Gasteiger partial charge is 0.293 e. The molecule has 1 aliphatic heterocycles. The van der Waals surface area contributed by atoms with Crippen LogP contribution in [0.1, 0.15) is 34.5 Å². The first-order valence-electron chi connectivity index (χ1n) is 8.61. The molecule has 2 aromatic heterocycles. The predicted molar refractivity (Wildman–Crippen MR) is 97.9 cm³/mol. The fraction of sp³-hybridized carbons (Fsp3) is 0.389. The van der Waals surface area contributed by atoms with Gasteiger partial charge >= 0.3 is 0 Å². The molecule has 3 aromatic rings. The Labute approximate surface area is 155 Å². The highest BCUT2D eigenvalue weighted by molar-refractivity contribution is 7.13. The van der Waals surface area contributed by atoms with Crippen molar-refractivity contribution in [3.8, 4) is 5.19 Å². The lowest BCUT2D eigenvalue weighted by Crippen LogP contribution is -2.22. The summed E-state index contributed by atoms with van der Waals surface area (Å²) >= 11 is 1.47. The molecule has 0 spiro atoms. The van der Waals surface area contributed by atoms with Crippen LogP contribution in [0, 0.1) is 0 Å². The summed E-state index contributed by atoms with van der Waals surface area (Å²) < 4.78 is 7.14. The van der Waals surface area contributed by atoms with Crippen molar-refractivity contribution >= 4 is 11.3 Å². The van der Waals surface area contributed by atoms with E-state index in [2.05, 4.69) is 20.2 Å². The van der Waals surface area contributed by atoms with Gasteiger partial charge in [-0.15, -0.1) is 10.2 Å². The van der Waals surface area contributed by atoms with E-state index in [1.54, 1.807) is 7.11 Å². The van der Waals surface area contributed by atoms with Crippen LogP contribution in [0.3, 0.4) is 0 Å². The number of hydrogen-bond acceptors (Lipinski definition) is 7. The third-order valence-corrected chi connectivity index (χ3v) is 5.36. The summed E-state index contributed by atoms with van der Waals surface area (Å²) in [5, 5.41) is 25.0. The molecule has 26 heavy (non-hydrogen) atoms. The van der Waals surface area contributed by atoms with Gasteiger partial charge < -0.3 is 9.84 Å². The number of hydrogen-bond donors (Lipinski definition) is 1. The van der Waals surface area contributed by atoms with Crippen molar-refractivity contribution in [1.29, 1.82) is 0 Å². The van der Waals surface area contributed by atoms with Crippen LogP contribution in [0.2, 0.25) is 0 Å². The van der Waals surface area contributed by atoms with Gasteiger partial charge in [0.15, 0.2) is 0 Å². The largest absolute Gasteiger partial charge is 0.472 e. The second-order valence-corrected chi connectivity index (χ2v) is 7.35. The molecule has 1 aromatic carbocycles. The molecule has 0 saturated carbocycles. The molecule has 8 heteroatoms. The molecule has 0 fully saturated rings. The number of aliphatic hydroxyl groups excluding tert-OH is 1. The SMILES string of the molecule is COc1nnc(CN2CCCn3nc(C(O)c4ccccc4)cc3C2)s1. The molecule has 0 bridgehead atoms. The van der Waals surface area contributed by atoms with Crippen LogP contribution >= 0.6 is 11.3 Å². The third kappa shape index (κ3) is 3.62. The van der Waals surface area contributed by atoms with E-state index < -0.39 is 6.10 Å². The zero-order chi connectivity index (χ0) is 17.9. The summed E-state index contributed by atoms with van der Waals surface area (Å²) in [7, 11) is 1.61. The number of benzene rings is 1. The molecule has 1 atom stereocenters. The Morgan fingerprint density at radius 2 is 2.08 bits per heavy atom. The number of fused-ring (bicyclic) bond motifs is 1. The topological polar surface area (TPSA) is 76.3 Å². The van der Waals surface area contributed by atoms with Gasteiger partial charge in [-0.3, -0.25) is 9.58 Å². The van der Waals surface area contributed by atoms with Crippen LogP contribution in [-0.4, -0.2) is 43.6 Å². The summed E-state index contributed by atoms with van der Waals surface area (Å²) in [6, 6.07) is 11.7. The van der Waals surface area contributed by atoms with Crippen molar-refractivity contribution in [2.45, 2.75) is 32.2 Å². The number of methoxy groups -OCH3 is 1. The Kier molecular flexibility index (Phi) is 4.96. The summed E-state index contributed by atoms with van der Waals surface area (Å²) in [6.07, 6.45) is 0.308. The van der Waals surface area contributed by atoms with Crippen LogP contribution in [0.15, 0.2) is 36.4 Å². The van der Waals surface area contributed by atoms with E-state index in [9.17, 15) is 5.11 Å². The number of rotatable bonds is 5.